The Kier molecular flexibility index (Phi) is 5.38. The number of hydrogen-bond donors (Lipinski definition) is 1. The van der Waals surface area contributed by atoms with Gasteiger partial charge in [0.15, 0.2) is 0 Å². The first-order valence-corrected chi connectivity index (χ1v) is 9.62. The summed E-state index contributed by atoms with van der Waals surface area (Å²) in [6.07, 6.45) is 0. The molecule has 144 valence electrons. The molecule has 4 rings (SSSR count). The van der Waals surface area contributed by atoms with Gasteiger partial charge < -0.3 is 10.1 Å². The van der Waals surface area contributed by atoms with Gasteiger partial charge in [0, 0.05) is 16.0 Å². The molecular formula is C23H16Cl2N2O2. The molecule has 0 bridgehead atoms. The van der Waals surface area contributed by atoms with E-state index in [2.05, 4.69) is 10.3 Å². The monoisotopic (exact) mass is 422 g/mol. The molecule has 4 nitrogen and oxygen atoms in total. The number of halogens is 2. The fourth-order valence-electron chi connectivity index (χ4n) is 3.14. The average Bonchev–Trinajstić information content (AvgIpc) is 2.73. The standard InChI is InChI=1S/C23H16Cl2N2O2/c1-29-22-9-5-4-8-20(22)27-23(28)17-13-21(16-11-10-14(24)12-18(16)25)26-19-7-3-2-6-15(17)19/h2-13H,1H3,(H,27,28). The molecule has 1 amide bonds. The second-order valence-corrected chi connectivity index (χ2v) is 7.19. The van der Waals surface area contributed by atoms with Crippen LogP contribution in [0.1, 0.15) is 10.4 Å². The first-order valence-electron chi connectivity index (χ1n) is 8.86. The van der Waals surface area contributed by atoms with Gasteiger partial charge in [-0.3, -0.25) is 4.79 Å². The summed E-state index contributed by atoms with van der Waals surface area (Å²) in [6, 6.07) is 21.7. The highest BCUT2D eigenvalue weighted by atomic mass is 35.5. The van der Waals surface area contributed by atoms with E-state index in [0.717, 1.165) is 5.39 Å². The van der Waals surface area contributed by atoms with E-state index in [-0.39, 0.29) is 5.91 Å². The van der Waals surface area contributed by atoms with Gasteiger partial charge in [-0.1, -0.05) is 53.5 Å². The number of methoxy groups -OCH3 is 1. The molecule has 29 heavy (non-hydrogen) atoms. The van der Waals surface area contributed by atoms with Crippen LogP contribution in [0.3, 0.4) is 0 Å². The van der Waals surface area contributed by atoms with Crippen molar-refractivity contribution < 1.29 is 9.53 Å². The van der Waals surface area contributed by atoms with Crippen molar-refractivity contribution >= 4 is 45.7 Å². The van der Waals surface area contributed by atoms with Crippen molar-refractivity contribution in [3.63, 3.8) is 0 Å². The highest BCUT2D eigenvalue weighted by Crippen LogP contribution is 2.32. The minimum atomic E-state index is -0.264. The molecule has 1 heterocycles. The molecular weight excluding hydrogens is 407 g/mol. The van der Waals surface area contributed by atoms with E-state index in [1.165, 1.54) is 0 Å². The van der Waals surface area contributed by atoms with Gasteiger partial charge in [0.2, 0.25) is 0 Å². The lowest BCUT2D eigenvalue weighted by atomic mass is 10.0. The molecule has 0 aliphatic carbocycles. The maximum absolute atomic E-state index is 13.2. The van der Waals surface area contributed by atoms with Crippen LogP contribution in [0, 0.1) is 0 Å². The third kappa shape index (κ3) is 3.90. The fraction of sp³-hybridized carbons (Fsp3) is 0.0435. The summed E-state index contributed by atoms with van der Waals surface area (Å²) in [5, 5.41) is 4.68. The van der Waals surface area contributed by atoms with Crippen molar-refractivity contribution in [2.45, 2.75) is 0 Å². The Morgan fingerprint density at radius 3 is 2.52 bits per heavy atom. The van der Waals surface area contributed by atoms with E-state index in [4.69, 9.17) is 27.9 Å². The van der Waals surface area contributed by atoms with E-state index in [1.807, 2.05) is 36.4 Å². The maximum atomic E-state index is 13.2. The van der Waals surface area contributed by atoms with Crippen molar-refractivity contribution in [3.8, 4) is 17.0 Å². The molecule has 6 heteroatoms. The average molecular weight is 423 g/mol. The highest BCUT2D eigenvalue weighted by molar-refractivity contribution is 6.36. The van der Waals surface area contributed by atoms with Crippen molar-refractivity contribution in [2.24, 2.45) is 0 Å². The quantitative estimate of drug-likeness (QED) is 0.409. The lowest BCUT2D eigenvalue weighted by Crippen LogP contribution is -2.13. The summed E-state index contributed by atoms with van der Waals surface area (Å²) < 4.78 is 5.33. The fourth-order valence-corrected chi connectivity index (χ4v) is 3.64. The van der Waals surface area contributed by atoms with Crippen LogP contribution in [-0.2, 0) is 0 Å². The van der Waals surface area contributed by atoms with Gasteiger partial charge in [0.25, 0.3) is 5.91 Å². The topological polar surface area (TPSA) is 51.2 Å². The summed E-state index contributed by atoms with van der Waals surface area (Å²) in [5.74, 6) is 0.319. The number of nitrogens with one attached hydrogen (secondary N) is 1. The van der Waals surface area contributed by atoms with Crippen LogP contribution in [0.15, 0.2) is 72.8 Å². The van der Waals surface area contributed by atoms with Gasteiger partial charge in [-0.15, -0.1) is 0 Å². The number of anilines is 1. The third-order valence-corrected chi connectivity index (χ3v) is 5.07. The number of fused-ring (bicyclic) bond motifs is 1. The van der Waals surface area contributed by atoms with Crippen LogP contribution in [0.2, 0.25) is 10.0 Å². The molecule has 3 aromatic carbocycles. The highest BCUT2D eigenvalue weighted by Gasteiger charge is 2.16. The predicted octanol–water partition coefficient (Wildman–Crippen LogP) is 6.47. The number of para-hydroxylation sites is 3. The molecule has 0 radical (unpaired) electrons. The van der Waals surface area contributed by atoms with E-state index in [0.29, 0.717) is 43.8 Å². The number of benzene rings is 3. The van der Waals surface area contributed by atoms with Gasteiger partial charge in [0.05, 0.1) is 34.6 Å². The molecule has 1 aromatic heterocycles. The molecule has 1 N–H and O–H groups in total. The van der Waals surface area contributed by atoms with E-state index in [9.17, 15) is 4.79 Å². The van der Waals surface area contributed by atoms with Crippen molar-refractivity contribution in [1.82, 2.24) is 4.98 Å². The summed E-state index contributed by atoms with van der Waals surface area (Å²) in [4.78, 5) is 17.9. The van der Waals surface area contributed by atoms with Crippen LogP contribution in [0.25, 0.3) is 22.2 Å². The number of aromatic nitrogens is 1. The number of hydrogen-bond acceptors (Lipinski definition) is 3. The molecule has 0 atom stereocenters. The Morgan fingerprint density at radius 1 is 0.966 bits per heavy atom. The Labute approximate surface area is 178 Å². The molecule has 0 saturated heterocycles. The van der Waals surface area contributed by atoms with Crippen LogP contribution in [0.4, 0.5) is 5.69 Å². The van der Waals surface area contributed by atoms with Gasteiger partial charge in [-0.25, -0.2) is 4.98 Å². The summed E-state index contributed by atoms with van der Waals surface area (Å²) in [5.41, 5.74) is 3.07. The second-order valence-electron chi connectivity index (χ2n) is 6.35. The largest absolute Gasteiger partial charge is 0.495 e. The van der Waals surface area contributed by atoms with Crippen molar-refractivity contribution in [3.05, 3.63) is 88.4 Å². The maximum Gasteiger partial charge on any atom is 0.256 e. The molecule has 0 spiro atoms. The first-order chi connectivity index (χ1) is 14.1. The Bertz CT molecular complexity index is 1220. The van der Waals surface area contributed by atoms with Gasteiger partial charge >= 0.3 is 0 Å². The zero-order valence-electron chi connectivity index (χ0n) is 15.4. The van der Waals surface area contributed by atoms with E-state index in [1.54, 1.807) is 43.5 Å². The number of rotatable bonds is 4. The minimum Gasteiger partial charge on any atom is -0.495 e. The molecule has 0 aliphatic rings. The van der Waals surface area contributed by atoms with Crippen LogP contribution in [-0.4, -0.2) is 18.0 Å². The summed E-state index contributed by atoms with van der Waals surface area (Å²) >= 11 is 12.4. The number of ether oxygens (including phenoxy) is 1. The lowest BCUT2D eigenvalue weighted by Gasteiger charge is -2.13. The van der Waals surface area contributed by atoms with Crippen LogP contribution >= 0.6 is 23.2 Å². The Hall–Kier alpha value is -3.08. The van der Waals surface area contributed by atoms with E-state index < -0.39 is 0 Å². The molecule has 0 fully saturated rings. The normalized spacial score (nSPS) is 10.7. The second kappa shape index (κ2) is 8.11. The molecule has 0 aliphatic heterocycles. The number of carbonyl (C=O) groups is 1. The van der Waals surface area contributed by atoms with E-state index >= 15 is 0 Å². The molecule has 0 unspecified atom stereocenters. The number of nitrogens with zero attached hydrogens (tertiary/aromatic N) is 1. The van der Waals surface area contributed by atoms with Gasteiger partial charge in [0.1, 0.15) is 5.75 Å². The van der Waals surface area contributed by atoms with Crippen LogP contribution < -0.4 is 10.1 Å². The minimum absolute atomic E-state index is 0.264. The summed E-state index contributed by atoms with van der Waals surface area (Å²) in [7, 11) is 1.56. The zero-order valence-corrected chi connectivity index (χ0v) is 17.0. The zero-order chi connectivity index (χ0) is 20.4. The van der Waals surface area contributed by atoms with Gasteiger partial charge in [-0.2, -0.15) is 0 Å². The van der Waals surface area contributed by atoms with Gasteiger partial charge in [-0.05, 0) is 42.5 Å². The Balaban J connectivity index is 1.83. The Morgan fingerprint density at radius 2 is 1.72 bits per heavy atom. The smallest absolute Gasteiger partial charge is 0.256 e. The first kappa shape index (κ1) is 19.2. The van der Waals surface area contributed by atoms with Crippen molar-refractivity contribution in [1.29, 1.82) is 0 Å². The number of carbonyl (C=O) groups excluding carboxylic acids is 1. The third-order valence-electron chi connectivity index (χ3n) is 4.52. The van der Waals surface area contributed by atoms with Crippen LogP contribution in [0.5, 0.6) is 5.75 Å². The number of pyridine rings is 1. The number of amides is 1. The molecule has 0 saturated carbocycles. The summed E-state index contributed by atoms with van der Waals surface area (Å²) in [6.45, 7) is 0. The predicted molar refractivity (Wildman–Crippen MR) is 118 cm³/mol. The molecule has 4 aromatic rings. The SMILES string of the molecule is COc1ccccc1NC(=O)c1cc(-c2ccc(Cl)cc2Cl)nc2ccccc12. The lowest BCUT2D eigenvalue weighted by molar-refractivity contribution is 0.102. The van der Waals surface area contributed by atoms with Crippen molar-refractivity contribution in [2.75, 3.05) is 12.4 Å².